The van der Waals surface area contributed by atoms with Crippen molar-refractivity contribution in [1.29, 1.82) is 0 Å². The van der Waals surface area contributed by atoms with Gasteiger partial charge in [0.2, 0.25) is 0 Å². The molecule has 1 heterocycles. The van der Waals surface area contributed by atoms with Crippen LogP contribution in [0.2, 0.25) is 0 Å². The van der Waals surface area contributed by atoms with Crippen LogP contribution in [0.25, 0.3) is 0 Å². The maximum Gasteiger partial charge on any atom is 0.327 e. The topological polar surface area (TPSA) is 66.6 Å². The van der Waals surface area contributed by atoms with Gasteiger partial charge in [-0.15, -0.1) is 0 Å². The molecule has 1 saturated heterocycles. The van der Waals surface area contributed by atoms with Gasteiger partial charge in [-0.05, 0) is 23.3 Å². The molecule has 0 spiro atoms. The Balaban J connectivity index is 2.26. The van der Waals surface area contributed by atoms with E-state index in [4.69, 9.17) is 5.73 Å². The van der Waals surface area contributed by atoms with E-state index < -0.39 is 5.82 Å². The van der Waals surface area contributed by atoms with Gasteiger partial charge in [0.05, 0.1) is 6.54 Å². The third-order valence-electron chi connectivity index (χ3n) is 2.95. The number of urea groups is 1. The first kappa shape index (κ1) is 12.5. The standard InChI is InChI=1S/C12H14FN3O2/c1-15-7-11(17)16(12(15)18)6-9-4-10(13)3-2-8(9)5-14/h2-4H,5-7,14H2,1H3. The summed E-state index contributed by atoms with van der Waals surface area (Å²) < 4.78 is 13.2. The Bertz CT molecular complexity index is 504. The highest BCUT2D eigenvalue weighted by Crippen LogP contribution is 2.17. The van der Waals surface area contributed by atoms with E-state index in [0.29, 0.717) is 5.56 Å². The predicted octanol–water partition coefficient (Wildman–Crippen LogP) is 0.678. The van der Waals surface area contributed by atoms with Crippen LogP contribution in [0.5, 0.6) is 0 Å². The van der Waals surface area contributed by atoms with E-state index in [9.17, 15) is 14.0 Å². The van der Waals surface area contributed by atoms with Crippen molar-refractivity contribution >= 4 is 11.9 Å². The van der Waals surface area contributed by atoms with Crippen LogP contribution in [0.3, 0.4) is 0 Å². The first-order valence-corrected chi connectivity index (χ1v) is 5.55. The maximum atomic E-state index is 13.2. The predicted molar refractivity (Wildman–Crippen MR) is 62.9 cm³/mol. The lowest BCUT2D eigenvalue weighted by Gasteiger charge is -2.16. The Morgan fingerprint density at radius 3 is 2.61 bits per heavy atom. The number of amides is 3. The molecule has 6 heteroatoms. The molecule has 96 valence electrons. The second-order valence-corrected chi connectivity index (χ2v) is 4.24. The first-order valence-electron chi connectivity index (χ1n) is 5.55. The molecule has 1 fully saturated rings. The zero-order valence-electron chi connectivity index (χ0n) is 10.0. The SMILES string of the molecule is CN1CC(=O)N(Cc2cc(F)ccc2CN)C1=O. The van der Waals surface area contributed by atoms with Crippen LogP contribution in [-0.4, -0.2) is 35.3 Å². The highest BCUT2D eigenvalue weighted by molar-refractivity contribution is 6.01. The van der Waals surface area contributed by atoms with Crippen molar-refractivity contribution < 1.29 is 14.0 Å². The molecule has 0 bridgehead atoms. The maximum absolute atomic E-state index is 13.2. The molecule has 2 rings (SSSR count). The minimum atomic E-state index is -0.408. The fourth-order valence-corrected chi connectivity index (χ4v) is 1.94. The Morgan fingerprint density at radius 1 is 1.33 bits per heavy atom. The molecule has 0 unspecified atom stereocenters. The Morgan fingerprint density at radius 2 is 2.06 bits per heavy atom. The van der Waals surface area contributed by atoms with Crippen molar-refractivity contribution in [3.63, 3.8) is 0 Å². The zero-order valence-corrected chi connectivity index (χ0v) is 10.0. The van der Waals surface area contributed by atoms with Crippen molar-refractivity contribution in [3.05, 3.63) is 35.1 Å². The molecule has 1 aromatic carbocycles. The molecular weight excluding hydrogens is 237 g/mol. The number of hydrogen-bond acceptors (Lipinski definition) is 3. The highest BCUT2D eigenvalue weighted by Gasteiger charge is 2.33. The van der Waals surface area contributed by atoms with Crippen LogP contribution in [0, 0.1) is 5.82 Å². The highest BCUT2D eigenvalue weighted by atomic mass is 19.1. The van der Waals surface area contributed by atoms with Crippen LogP contribution < -0.4 is 5.73 Å². The minimum Gasteiger partial charge on any atom is -0.326 e. The monoisotopic (exact) mass is 251 g/mol. The molecule has 1 aliphatic rings. The number of hydrogen-bond donors (Lipinski definition) is 1. The van der Waals surface area contributed by atoms with Gasteiger partial charge in [-0.1, -0.05) is 6.07 Å². The molecule has 5 nitrogen and oxygen atoms in total. The molecule has 18 heavy (non-hydrogen) atoms. The van der Waals surface area contributed by atoms with Gasteiger partial charge in [-0.25, -0.2) is 9.18 Å². The average Bonchev–Trinajstić information content (AvgIpc) is 2.56. The summed E-state index contributed by atoms with van der Waals surface area (Å²) in [6, 6.07) is 3.82. The Kier molecular flexibility index (Phi) is 3.29. The van der Waals surface area contributed by atoms with E-state index in [1.165, 1.54) is 17.0 Å². The van der Waals surface area contributed by atoms with E-state index >= 15 is 0 Å². The van der Waals surface area contributed by atoms with Gasteiger partial charge in [-0.3, -0.25) is 9.69 Å². The molecule has 0 saturated carbocycles. The van der Waals surface area contributed by atoms with Gasteiger partial charge in [0, 0.05) is 13.6 Å². The van der Waals surface area contributed by atoms with E-state index in [0.717, 1.165) is 10.5 Å². The molecule has 0 aliphatic carbocycles. The third-order valence-corrected chi connectivity index (χ3v) is 2.95. The second-order valence-electron chi connectivity index (χ2n) is 4.24. The number of nitrogens with two attached hydrogens (primary N) is 1. The summed E-state index contributed by atoms with van der Waals surface area (Å²) in [6.07, 6.45) is 0. The lowest BCUT2D eigenvalue weighted by atomic mass is 10.1. The number of rotatable bonds is 3. The fraction of sp³-hybridized carbons (Fsp3) is 0.333. The smallest absolute Gasteiger partial charge is 0.326 e. The molecule has 0 atom stereocenters. The third kappa shape index (κ3) is 2.19. The molecule has 3 amide bonds. The van der Waals surface area contributed by atoms with E-state index in [1.54, 1.807) is 13.1 Å². The van der Waals surface area contributed by atoms with Crippen molar-refractivity contribution in [2.45, 2.75) is 13.1 Å². The number of likely N-dealkylation sites (N-methyl/N-ethyl adjacent to an activating group) is 1. The normalized spacial score (nSPS) is 15.7. The van der Waals surface area contributed by atoms with Crippen molar-refractivity contribution in [3.8, 4) is 0 Å². The summed E-state index contributed by atoms with van der Waals surface area (Å²) in [6.45, 7) is 0.361. The number of carbonyl (C=O) groups excluding carboxylic acids is 2. The number of benzene rings is 1. The largest absolute Gasteiger partial charge is 0.327 e. The number of carbonyl (C=O) groups is 2. The number of nitrogens with zero attached hydrogens (tertiary/aromatic N) is 2. The lowest BCUT2D eigenvalue weighted by Crippen LogP contribution is -2.31. The molecule has 0 radical (unpaired) electrons. The Labute approximate surface area is 104 Å². The average molecular weight is 251 g/mol. The summed E-state index contributed by atoms with van der Waals surface area (Å²) in [7, 11) is 1.55. The second kappa shape index (κ2) is 4.73. The Hall–Kier alpha value is -1.95. The van der Waals surface area contributed by atoms with Crippen molar-refractivity contribution in [1.82, 2.24) is 9.80 Å². The van der Waals surface area contributed by atoms with E-state index in [1.807, 2.05) is 0 Å². The van der Waals surface area contributed by atoms with Gasteiger partial charge < -0.3 is 10.6 Å². The molecular formula is C12H14FN3O2. The zero-order chi connectivity index (χ0) is 13.3. The van der Waals surface area contributed by atoms with Gasteiger partial charge in [0.1, 0.15) is 12.4 Å². The van der Waals surface area contributed by atoms with Crippen LogP contribution in [0.15, 0.2) is 18.2 Å². The van der Waals surface area contributed by atoms with Crippen LogP contribution in [0.4, 0.5) is 9.18 Å². The summed E-state index contributed by atoms with van der Waals surface area (Å²) in [5, 5.41) is 0. The van der Waals surface area contributed by atoms with Gasteiger partial charge in [0.25, 0.3) is 5.91 Å². The quantitative estimate of drug-likeness (QED) is 0.803. The summed E-state index contributed by atoms with van der Waals surface area (Å²) >= 11 is 0. The molecule has 0 aromatic heterocycles. The van der Waals surface area contributed by atoms with Gasteiger partial charge in [-0.2, -0.15) is 0 Å². The van der Waals surface area contributed by atoms with Gasteiger partial charge >= 0.3 is 6.03 Å². The summed E-state index contributed by atoms with van der Waals surface area (Å²) in [4.78, 5) is 25.8. The molecule has 1 aromatic rings. The minimum absolute atomic E-state index is 0.0616. The van der Waals surface area contributed by atoms with Crippen LogP contribution in [0.1, 0.15) is 11.1 Å². The summed E-state index contributed by atoms with van der Waals surface area (Å²) in [5.74, 6) is -0.690. The van der Waals surface area contributed by atoms with Crippen molar-refractivity contribution in [2.24, 2.45) is 5.73 Å². The van der Waals surface area contributed by atoms with E-state index in [2.05, 4.69) is 0 Å². The fourth-order valence-electron chi connectivity index (χ4n) is 1.94. The molecule has 2 N–H and O–H groups in total. The number of imide groups is 1. The van der Waals surface area contributed by atoms with Crippen LogP contribution in [-0.2, 0) is 17.9 Å². The van der Waals surface area contributed by atoms with Crippen molar-refractivity contribution in [2.75, 3.05) is 13.6 Å². The van der Waals surface area contributed by atoms with E-state index in [-0.39, 0.29) is 31.6 Å². The number of halogens is 1. The summed E-state index contributed by atoms with van der Waals surface area (Å²) in [5.41, 5.74) is 6.84. The lowest BCUT2D eigenvalue weighted by molar-refractivity contribution is -0.125. The first-order chi connectivity index (χ1) is 8.52. The molecule has 1 aliphatic heterocycles. The van der Waals surface area contributed by atoms with Gasteiger partial charge in [0.15, 0.2) is 0 Å². The van der Waals surface area contributed by atoms with Crippen LogP contribution >= 0.6 is 0 Å².